The lowest BCUT2D eigenvalue weighted by molar-refractivity contribution is -0.697. The van der Waals surface area contributed by atoms with Gasteiger partial charge in [-0.25, -0.2) is 9.13 Å². The maximum Gasteiger partial charge on any atom is 0.169 e. The fourth-order valence-electron chi connectivity index (χ4n) is 3.56. The second kappa shape index (κ2) is 9.40. The van der Waals surface area contributed by atoms with Crippen molar-refractivity contribution in [3.63, 3.8) is 0 Å². The molecular weight excluding hydrogens is 368 g/mol. The molecule has 0 aromatic carbocycles. The lowest BCUT2D eigenvalue weighted by Crippen LogP contribution is -2.33. The van der Waals surface area contributed by atoms with Crippen LogP contribution in [-0.4, -0.2) is 9.97 Å². The Morgan fingerprint density at radius 3 is 1.87 bits per heavy atom. The third kappa shape index (κ3) is 4.95. The summed E-state index contributed by atoms with van der Waals surface area (Å²) >= 11 is 0. The normalized spacial score (nSPS) is 10.9. The van der Waals surface area contributed by atoms with Crippen LogP contribution in [0.4, 0.5) is 0 Å². The minimum atomic E-state index is 0.927. The molecule has 4 heteroatoms. The van der Waals surface area contributed by atoms with Gasteiger partial charge in [0.1, 0.15) is 6.54 Å². The third-order valence-corrected chi connectivity index (χ3v) is 5.26. The summed E-state index contributed by atoms with van der Waals surface area (Å²) < 4.78 is 4.45. The highest BCUT2D eigenvalue weighted by Crippen LogP contribution is 2.17. The van der Waals surface area contributed by atoms with Gasteiger partial charge in [-0.05, 0) is 53.4 Å². The van der Waals surface area contributed by atoms with Crippen molar-refractivity contribution < 1.29 is 9.13 Å². The Bertz CT molecular complexity index is 1100. The van der Waals surface area contributed by atoms with E-state index in [9.17, 15) is 0 Å². The minimum Gasteiger partial charge on any atom is -0.255 e. The summed E-state index contributed by atoms with van der Waals surface area (Å²) in [5.41, 5.74) is 6.81. The molecule has 4 nitrogen and oxygen atoms in total. The third-order valence-electron chi connectivity index (χ3n) is 5.26. The summed E-state index contributed by atoms with van der Waals surface area (Å²) in [6.45, 7) is 6.26. The fraction of sp³-hybridized carbons (Fsp3) is 0.231. The highest BCUT2D eigenvalue weighted by molar-refractivity contribution is 5.61. The van der Waals surface area contributed by atoms with Gasteiger partial charge in [-0.15, -0.1) is 0 Å². The van der Waals surface area contributed by atoms with E-state index in [0.717, 1.165) is 37.3 Å². The van der Waals surface area contributed by atoms with Gasteiger partial charge in [0.15, 0.2) is 31.3 Å². The van der Waals surface area contributed by atoms with Gasteiger partial charge in [-0.2, -0.15) is 0 Å². The molecule has 0 saturated heterocycles. The van der Waals surface area contributed by atoms with Crippen molar-refractivity contribution in [2.24, 2.45) is 0 Å². The topological polar surface area (TPSA) is 33.5 Å². The van der Waals surface area contributed by atoms with Crippen molar-refractivity contribution in [1.82, 2.24) is 9.97 Å². The first-order valence-electron chi connectivity index (χ1n) is 10.6. The molecule has 150 valence electrons. The van der Waals surface area contributed by atoms with Crippen LogP contribution >= 0.6 is 0 Å². The molecule has 0 atom stereocenters. The van der Waals surface area contributed by atoms with Crippen LogP contribution in [-0.2, 0) is 19.5 Å². The molecule has 4 aromatic heterocycles. The van der Waals surface area contributed by atoms with Crippen LogP contribution < -0.4 is 9.13 Å². The molecule has 0 bridgehead atoms. The van der Waals surface area contributed by atoms with E-state index in [1.165, 1.54) is 22.3 Å². The summed E-state index contributed by atoms with van der Waals surface area (Å²) in [6, 6.07) is 17.1. The molecular formula is C26H28N4+2. The Labute approximate surface area is 178 Å². The predicted molar refractivity (Wildman–Crippen MR) is 118 cm³/mol. The van der Waals surface area contributed by atoms with E-state index in [1.807, 2.05) is 18.5 Å². The standard InChI is InChI=1S/C26H28N4/c1-3-13-29-15-7-23(8-16-29)24-9-17-30(18-10-24)14-6-22-5-12-28-26(20-22)25-19-21(2)4-11-27-25/h4-5,7-12,15-20H,3,6,13-14H2,1-2H3/q+2. The molecule has 4 heterocycles. The highest BCUT2D eigenvalue weighted by atomic mass is 14.9. The molecule has 0 aliphatic carbocycles. The summed E-state index contributed by atoms with van der Waals surface area (Å²) in [7, 11) is 0. The van der Waals surface area contributed by atoms with Crippen molar-refractivity contribution in [1.29, 1.82) is 0 Å². The van der Waals surface area contributed by atoms with Crippen LogP contribution in [0.25, 0.3) is 22.5 Å². The Hall–Kier alpha value is -3.40. The molecule has 4 aromatic rings. The Morgan fingerprint density at radius 1 is 0.700 bits per heavy atom. The highest BCUT2D eigenvalue weighted by Gasteiger charge is 2.07. The number of aromatic nitrogens is 4. The van der Waals surface area contributed by atoms with Crippen molar-refractivity contribution in [3.05, 3.63) is 96.8 Å². The molecule has 4 rings (SSSR count). The average Bonchev–Trinajstić information content (AvgIpc) is 2.79. The number of pyridine rings is 4. The number of hydrogen-bond acceptors (Lipinski definition) is 2. The zero-order valence-electron chi connectivity index (χ0n) is 17.7. The molecule has 0 aliphatic rings. The number of hydrogen-bond donors (Lipinski definition) is 0. The van der Waals surface area contributed by atoms with Crippen molar-refractivity contribution in [3.8, 4) is 22.5 Å². The molecule has 0 N–H and O–H groups in total. The summed E-state index contributed by atoms with van der Waals surface area (Å²) in [5, 5.41) is 0. The molecule has 0 aliphatic heterocycles. The minimum absolute atomic E-state index is 0.927. The summed E-state index contributed by atoms with van der Waals surface area (Å²) in [5.74, 6) is 0. The van der Waals surface area contributed by atoms with Crippen LogP contribution in [0.3, 0.4) is 0 Å². The first-order valence-corrected chi connectivity index (χ1v) is 10.6. The monoisotopic (exact) mass is 396 g/mol. The summed E-state index contributed by atoms with van der Waals surface area (Å²) in [4.78, 5) is 8.95. The maximum absolute atomic E-state index is 4.50. The van der Waals surface area contributed by atoms with Gasteiger partial charge in [0, 0.05) is 49.5 Å². The Morgan fingerprint density at radius 2 is 1.27 bits per heavy atom. The number of rotatable bonds is 7. The van der Waals surface area contributed by atoms with Gasteiger partial charge in [-0.3, -0.25) is 9.97 Å². The molecule has 0 spiro atoms. The van der Waals surface area contributed by atoms with E-state index in [2.05, 4.69) is 100 Å². The van der Waals surface area contributed by atoms with Gasteiger partial charge in [-0.1, -0.05) is 6.92 Å². The zero-order chi connectivity index (χ0) is 20.8. The van der Waals surface area contributed by atoms with Crippen molar-refractivity contribution in [2.75, 3.05) is 0 Å². The van der Waals surface area contributed by atoms with Crippen LogP contribution in [0.5, 0.6) is 0 Å². The molecule has 0 fully saturated rings. The van der Waals surface area contributed by atoms with E-state index >= 15 is 0 Å². The van der Waals surface area contributed by atoms with E-state index in [-0.39, 0.29) is 0 Å². The quantitative estimate of drug-likeness (QED) is 0.435. The van der Waals surface area contributed by atoms with E-state index in [0.29, 0.717) is 0 Å². The van der Waals surface area contributed by atoms with Gasteiger partial charge < -0.3 is 0 Å². The second-order valence-corrected chi connectivity index (χ2v) is 7.67. The number of nitrogens with zero attached hydrogens (tertiary/aromatic N) is 4. The average molecular weight is 397 g/mol. The maximum atomic E-state index is 4.50. The molecule has 0 saturated carbocycles. The van der Waals surface area contributed by atoms with Gasteiger partial charge in [0.25, 0.3) is 0 Å². The van der Waals surface area contributed by atoms with Crippen molar-refractivity contribution in [2.45, 2.75) is 39.8 Å². The van der Waals surface area contributed by atoms with E-state index < -0.39 is 0 Å². The largest absolute Gasteiger partial charge is 0.255 e. The lowest BCUT2D eigenvalue weighted by atomic mass is 10.1. The smallest absolute Gasteiger partial charge is 0.169 e. The predicted octanol–water partition coefficient (Wildman–Crippen LogP) is 4.35. The first kappa shape index (κ1) is 19.9. The molecule has 30 heavy (non-hydrogen) atoms. The van der Waals surface area contributed by atoms with E-state index in [1.54, 1.807) is 0 Å². The van der Waals surface area contributed by atoms with Crippen molar-refractivity contribution >= 4 is 0 Å². The van der Waals surface area contributed by atoms with Gasteiger partial charge in [0.05, 0.1) is 11.4 Å². The molecule has 0 radical (unpaired) electrons. The SMILES string of the molecule is CCC[n+]1ccc(-c2cc[n+](CCc3ccnc(-c4cc(C)ccn4)c3)cc2)cc1. The molecule has 0 unspecified atom stereocenters. The number of aryl methyl sites for hydroxylation is 4. The van der Waals surface area contributed by atoms with E-state index in [4.69, 9.17) is 0 Å². The zero-order valence-corrected chi connectivity index (χ0v) is 17.7. The second-order valence-electron chi connectivity index (χ2n) is 7.67. The van der Waals surface area contributed by atoms with Gasteiger partial charge >= 0.3 is 0 Å². The van der Waals surface area contributed by atoms with Crippen LogP contribution in [0.2, 0.25) is 0 Å². The lowest BCUT2D eigenvalue weighted by Gasteiger charge is -2.04. The molecule has 0 amide bonds. The summed E-state index contributed by atoms with van der Waals surface area (Å²) in [6.07, 6.45) is 14.5. The fourth-order valence-corrected chi connectivity index (χ4v) is 3.56. The Kier molecular flexibility index (Phi) is 6.23. The van der Waals surface area contributed by atoms with Crippen LogP contribution in [0.15, 0.2) is 85.7 Å². The first-order chi connectivity index (χ1) is 14.7. The van der Waals surface area contributed by atoms with Crippen LogP contribution in [0, 0.1) is 6.92 Å². The van der Waals surface area contributed by atoms with Crippen LogP contribution in [0.1, 0.15) is 24.5 Å². The van der Waals surface area contributed by atoms with Gasteiger partial charge in [0.2, 0.25) is 0 Å². The Balaban J connectivity index is 1.41.